The van der Waals surface area contributed by atoms with Crippen LogP contribution in [0, 0.1) is 0 Å². The average Bonchev–Trinajstić information content (AvgIpc) is 3.32. The lowest BCUT2D eigenvalue weighted by molar-refractivity contribution is 0.394. The van der Waals surface area contributed by atoms with Crippen molar-refractivity contribution in [3.8, 4) is 22.8 Å². The number of hydrogen-bond donors (Lipinski definition) is 1. The minimum atomic E-state index is 0.103. The van der Waals surface area contributed by atoms with E-state index in [-0.39, 0.29) is 11.1 Å². The van der Waals surface area contributed by atoms with Crippen LogP contribution in [-0.2, 0) is 13.6 Å². The number of nitrogens with two attached hydrogens (primary N) is 1. The van der Waals surface area contributed by atoms with Gasteiger partial charge in [-0.15, -0.1) is 0 Å². The maximum absolute atomic E-state index is 6.16. The zero-order valence-electron chi connectivity index (χ0n) is 19.9. The van der Waals surface area contributed by atoms with Gasteiger partial charge < -0.3 is 20.1 Å². The molecule has 2 aromatic carbocycles. The smallest absolute Gasteiger partial charge is 0.221 e. The summed E-state index contributed by atoms with van der Waals surface area (Å²) in [4.78, 5) is 19.8. The number of benzene rings is 2. The van der Waals surface area contributed by atoms with Gasteiger partial charge >= 0.3 is 0 Å². The number of halogens is 1. The van der Waals surface area contributed by atoms with Crippen LogP contribution in [0.4, 0.5) is 17.3 Å². The Morgan fingerprint density at radius 3 is 2.36 bits per heavy atom. The minimum Gasteiger partial charge on any atom is -0.497 e. The molecule has 11 heteroatoms. The normalized spacial score (nSPS) is 11.0. The first kappa shape index (κ1) is 23.3. The van der Waals surface area contributed by atoms with Crippen molar-refractivity contribution in [2.24, 2.45) is 7.05 Å². The van der Waals surface area contributed by atoms with Crippen molar-refractivity contribution >= 4 is 40.0 Å². The van der Waals surface area contributed by atoms with Gasteiger partial charge in [-0.1, -0.05) is 11.6 Å². The van der Waals surface area contributed by atoms with Crippen LogP contribution >= 0.6 is 11.6 Å². The number of nitrogens with zero attached hydrogens (tertiary/aromatic N) is 7. The third-order valence-corrected chi connectivity index (χ3v) is 5.76. The highest BCUT2D eigenvalue weighted by atomic mass is 35.5. The van der Waals surface area contributed by atoms with Crippen LogP contribution in [0.1, 0.15) is 5.69 Å². The Labute approximate surface area is 212 Å². The van der Waals surface area contributed by atoms with E-state index in [1.807, 2.05) is 54.5 Å². The number of hydrogen-bond acceptors (Lipinski definition) is 9. The lowest BCUT2D eigenvalue weighted by atomic mass is 10.1. The van der Waals surface area contributed by atoms with Crippen molar-refractivity contribution < 1.29 is 9.47 Å². The third kappa shape index (κ3) is 4.84. The van der Waals surface area contributed by atoms with Crippen LogP contribution in [0.5, 0.6) is 11.5 Å². The van der Waals surface area contributed by atoms with Crippen LogP contribution in [-0.4, -0.2) is 43.9 Å². The molecule has 10 nitrogen and oxygen atoms in total. The van der Waals surface area contributed by atoms with E-state index in [9.17, 15) is 0 Å². The Morgan fingerprint density at radius 2 is 1.69 bits per heavy atom. The van der Waals surface area contributed by atoms with E-state index < -0.39 is 0 Å². The molecular weight excluding hydrogens is 480 g/mol. The summed E-state index contributed by atoms with van der Waals surface area (Å²) < 4.78 is 12.7. The predicted octanol–water partition coefficient (Wildman–Crippen LogP) is 4.41. The molecule has 3 aromatic heterocycles. The van der Waals surface area contributed by atoms with Gasteiger partial charge in [0.15, 0.2) is 0 Å². The van der Waals surface area contributed by atoms with E-state index in [0.29, 0.717) is 23.7 Å². The molecule has 0 aliphatic rings. The van der Waals surface area contributed by atoms with Gasteiger partial charge in [-0.3, -0.25) is 9.67 Å². The molecule has 182 valence electrons. The predicted molar refractivity (Wildman–Crippen MR) is 139 cm³/mol. The maximum Gasteiger partial charge on any atom is 0.221 e. The third-order valence-electron chi connectivity index (χ3n) is 5.57. The van der Waals surface area contributed by atoms with Crippen molar-refractivity contribution in [1.29, 1.82) is 0 Å². The quantitative estimate of drug-likeness (QED) is 0.323. The highest BCUT2D eigenvalue weighted by Crippen LogP contribution is 2.35. The second-order valence-electron chi connectivity index (χ2n) is 8.03. The first-order valence-corrected chi connectivity index (χ1v) is 11.3. The van der Waals surface area contributed by atoms with Crippen molar-refractivity contribution in [3.63, 3.8) is 0 Å². The summed E-state index contributed by atoms with van der Waals surface area (Å²) in [7, 11) is 5.08. The van der Waals surface area contributed by atoms with E-state index in [4.69, 9.17) is 31.8 Å². The van der Waals surface area contributed by atoms with Crippen molar-refractivity contribution in [2.45, 2.75) is 6.54 Å². The van der Waals surface area contributed by atoms with E-state index in [1.165, 1.54) is 0 Å². The van der Waals surface area contributed by atoms with Crippen molar-refractivity contribution in [2.75, 3.05) is 24.9 Å². The number of nitrogen functional groups attached to an aromatic ring is 1. The van der Waals surface area contributed by atoms with Gasteiger partial charge in [0.25, 0.3) is 0 Å². The van der Waals surface area contributed by atoms with Crippen LogP contribution < -0.4 is 20.1 Å². The molecule has 5 aromatic rings. The Bertz CT molecular complexity index is 1510. The van der Waals surface area contributed by atoms with E-state index in [1.54, 1.807) is 37.4 Å². The van der Waals surface area contributed by atoms with Crippen LogP contribution in [0.2, 0.25) is 5.15 Å². The van der Waals surface area contributed by atoms with E-state index >= 15 is 0 Å². The van der Waals surface area contributed by atoms with E-state index in [2.05, 4.69) is 20.1 Å². The number of rotatable bonds is 7. The molecular formula is C25H23ClN8O2. The van der Waals surface area contributed by atoms with Crippen LogP contribution in [0.15, 0.2) is 61.1 Å². The SMILES string of the molecule is COc1cc(OC)cc(N(Cc2cc(Cl)nc(N)n2)c2ccc3ncc(-c4cnn(C)c4)nc3c2)c1. The number of aryl methyl sites for hydroxylation is 1. The highest BCUT2D eigenvalue weighted by Gasteiger charge is 2.17. The molecule has 0 atom stereocenters. The second kappa shape index (κ2) is 9.67. The van der Waals surface area contributed by atoms with Gasteiger partial charge in [0.2, 0.25) is 5.95 Å². The molecule has 0 spiro atoms. The number of ether oxygens (including phenoxy) is 2. The van der Waals surface area contributed by atoms with Crippen LogP contribution in [0.3, 0.4) is 0 Å². The zero-order chi connectivity index (χ0) is 25.2. The Hall–Kier alpha value is -4.44. The van der Waals surface area contributed by atoms with Crippen LogP contribution in [0.25, 0.3) is 22.3 Å². The lowest BCUT2D eigenvalue weighted by Gasteiger charge is -2.26. The Kier molecular flexibility index (Phi) is 6.26. The molecule has 0 radical (unpaired) electrons. The number of methoxy groups -OCH3 is 2. The fourth-order valence-corrected chi connectivity index (χ4v) is 4.08. The molecule has 0 bridgehead atoms. The summed E-state index contributed by atoms with van der Waals surface area (Å²) in [6.07, 6.45) is 5.41. The summed E-state index contributed by atoms with van der Waals surface area (Å²) >= 11 is 6.16. The fraction of sp³-hybridized carbons (Fsp3) is 0.160. The molecule has 0 aliphatic carbocycles. The van der Waals surface area contributed by atoms with Gasteiger partial charge in [0, 0.05) is 48.4 Å². The summed E-state index contributed by atoms with van der Waals surface area (Å²) in [5.41, 5.74) is 11.3. The van der Waals surface area contributed by atoms with Gasteiger partial charge in [-0.05, 0) is 24.3 Å². The molecule has 0 fully saturated rings. The average molecular weight is 503 g/mol. The monoisotopic (exact) mass is 502 g/mol. The molecule has 3 heterocycles. The Morgan fingerprint density at radius 1 is 0.917 bits per heavy atom. The lowest BCUT2D eigenvalue weighted by Crippen LogP contribution is -2.18. The molecule has 36 heavy (non-hydrogen) atoms. The second-order valence-corrected chi connectivity index (χ2v) is 8.42. The van der Waals surface area contributed by atoms with Gasteiger partial charge in [0.05, 0.1) is 55.6 Å². The standard InChI is InChI=1S/C25H23ClN8O2/c1-33-13-15(11-29-33)23-12-28-21-5-4-17(9-22(21)31-23)34(14-16-6-24(26)32-25(27)30-16)18-7-19(35-2)10-20(8-18)36-3/h4-13H,14H2,1-3H3,(H2,27,30,32). The minimum absolute atomic E-state index is 0.103. The fourth-order valence-electron chi connectivity index (χ4n) is 3.87. The Balaban J connectivity index is 1.63. The van der Waals surface area contributed by atoms with Crippen molar-refractivity contribution in [1.82, 2.24) is 29.7 Å². The first-order chi connectivity index (χ1) is 17.4. The topological polar surface area (TPSA) is 117 Å². The molecule has 0 unspecified atom stereocenters. The number of anilines is 3. The number of aromatic nitrogens is 6. The summed E-state index contributed by atoms with van der Waals surface area (Å²) in [5.74, 6) is 1.40. The molecule has 0 saturated carbocycles. The van der Waals surface area contributed by atoms with Gasteiger partial charge in [-0.2, -0.15) is 5.10 Å². The molecule has 0 saturated heterocycles. The largest absolute Gasteiger partial charge is 0.497 e. The van der Waals surface area contributed by atoms with E-state index in [0.717, 1.165) is 33.7 Å². The summed E-state index contributed by atoms with van der Waals surface area (Å²) in [6, 6.07) is 13.2. The number of fused-ring (bicyclic) bond motifs is 1. The molecule has 0 amide bonds. The van der Waals surface area contributed by atoms with Gasteiger partial charge in [-0.25, -0.2) is 15.0 Å². The molecule has 2 N–H and O–H groups in total. The zero-order valence-corrected chi connectivity index (χ0v) is 20.6. The summed E-state index contributed by atoms with van der Waals surface area (Å²) in [5, 5.41) is 4.51. The highest BCUT2D eigenvalue weighted by molar-refractivity contribution is 6.29. The summed E-state index contributed by atoms with van der Waals surface area (Å²) in [6.45, 7) is 0.351. The molecule has 0 aliphatic heterocycles. The maximum atomic E-state index is 6.16. The first-order valence-electron chi connectivity index (χ1n) is 11.0. The molecule has 5 rings (SSSR count). The van der Waals surface area contributed by atoms with Crippen molar-refractivity contribution in [3.05, 3.63) is 71.9 Å². The van der Waals surface area contributed by atoms with Gasteiger partial charge in [0.1, 0.15) is 16.7 Å².